The Labute approximate surface area is 145 Å². The van der Waals surface area contributed by atoms with Crippen molar-refractivity contribution in [2.75, 3.05) is 32.8 Å². The van der Waals surface area contributed by atoms with Gasteiger partial charge in [0, 0.05) is 13.1 Å². The van der Waals surface area contributed by atoms with E-state index < -0.39 is 0 Å². The molecule has 1 amide bonds. The van der Waals surface area contributed by atoms with Gasteiger partial charge in [0.15, 0.2) is 0 Å². The van der Waals surface area contributed by atoms with Gasteiger partial charge in [0.1, 0.15) is 11.9 Å². The first-order chi connectivity index (χ1) is 11.7. The zero-order valence-corrected chi connectivity index (χ0v) is 14.3. The molecule has 2 heterocycles. The van der Waals surface area contributed by atoms with Crippen molar-refractivity contribution in [3.8, 4) is 5.75 Å². The van der Waals surface area contributed by atoms with Crippen molar-refractivity contribution in [2.45, 2.75) is 38.3 Å². The third-order valence-corrected chi connectivity index (χ3v) is 4.57. The van der Waals surface area contributed by atoms with Crippen molar-refractivity contribution in [2.24, 2.45) is 0 Å². The van der Waals surface area contributed by atoms with Crippen LogP contribution < -0.4 is 10.1 Å². The fourth-order valence-corrected chi connectivity index (χ4v) is 3.14. The molecule has 5 nitrogen and oxygen atoms in total. The molecule has 1 aromatic carbocycles. The van der Waals surface area contributed by atoms with Crippen molar-refractivity contribution in [1.82, 2.24) is 10.2 Å². The second kappa shape index (κ2) is 8.03. The predicted octanol–water partition coefficient (Wildman–Crippen LogP) is 1.09. The lowest BCUT2D eigenvalue weighted by atomic mass is 9.96. The van der Waals surface area contributed by atoms with Gasteiger partial charge in [-0.15, -0.1) is 0 Å². The standard InChI is InChI=1S/C18H25BN2O3/c1-13-8-14(4-5-19)2-3-17(13)24-16-11-21(12-16)18(22)9-15-10-20-6-7-23-15/h2-3,8,15-16,20H,4-7,9-12H2,1H3. The molecule has 3 rings (SSSR count). The van der Waals surface area contributed by atoms with Crippen LogP contribution >= 0.6 is 0 Å². The Morgan fingerprint density at radius 3 is 2.96 bits per heavy atom. The third-order valence-electron chi connectivity index (χ3n) is 4.57. The fraction of sp³-hybridized carbons (Fsp3) is 0.611. The Kier molecular flexibility index (Phi) is 5.79. The van der Waals surface area contributed by atoms with Crippen LogP contribution in [0.25, 0.3) is 0 Å². The molecule has 1 aromatic rings. The summed E-state index contributed by atoms with van der Waals surface area (Å²) in [4.78, 5) is 14.1. The molecule has 1 N–H and O–H groups in total. The van der Waals surface area contributed by atoms with Crippen LogP contribution in [0.4, 0.5) is 0 Å². The number of hydrogen-bond donors (Lipinski definition) is 1. The molecule has 2 aliphatic rings. The molecule has 0 aromatic heterocycles. The maximum atomic E-state index is 12.2. The van der Waals surface area contributed by atoms with E-state index in [0.29, 0.717) is 32.4 Å². The average Bonchev–Trinajstić information content (AvgIpc) is 2.53. The molecule has 6 heteroatoms. The number of morpholine rings is 1. The van der Waals surface area contributed by atoms with Crippen molar-refractivity contribution in [1.29, 1.82) is 0 Å². The summed E-state index contributed by atoms with van der Waals surface area (Å²) in [5.74, 6) is 1.05. The zero-order valence-electron chi connectivity index (χ0n) is 14.3. The number of likely N-dealkylation sites (tertiary alicyclic amines) is 1. The van der Waals surface area contributed by atoms with E-state index in [1.807, 2.05) is 17.9 Å². The molecule has 128 valence electrons. The second-order valence-electron chi connectivity index (χ2n) is 6.58. The van der Waals surface area contributed by atoms with Crippen LogP contribution in [0.5, 0.6) is 5.75 Å². The van der Waals surface area contributed by atoms with Crippen LogP contribution in [-0.4, -0.2) is 63.6 Å². The summed E-state index contributed by atoms with van der Waals surface area (Å²) in [5.41, 5.74) is 2.35. The Bertz CT molecular complexity index is 569. The van der Waals surface area contributed by atoms with Gasteiger partial charge in [0.25, 0.3) is 0 Å². The minimum absolute atomic E-state index is 0.00329. The highest BCUT2D eigenvalue weighted by Crippen LogP contribution is 2.24. The van der Waals surface area contributed by atoms with E-state index in [1.54, 1.807) is 0 Å². The highest BCUT2D eigenvalue weighted by Gasteiger charge is 2.33. The van der Waals surface area contributed by atoms with E-state index in [4.69, 9.17) is 17.3 Å². The number of benzene rings is 1. The summed E-state index contributed by atoms with van der Waals surface area (Å²) in [7, 11) is 5.59. The summed E-state index contributed by atoms with van der Waals surface area (Å²) < 4.78 is 11.6. The van der Waals surface area contributed by atoms with Gasteiger partial charge in [-0.2, -0.15) is 0 Å². The lowest BCUT2D eigenvalue weighted by Crippen LogP contribution is -2.57. The Morgan fingerprint density at radius 1 is 1.46 bits per heavy atom. The molecule has 2 radical (unpaired) electrons. The van der Waals surface area contributed by atoms with Gasteiger partial charge in [0.05, 0.1) is 40.1 Å². The molecule has 0 aliphatic carbocycles. The SMILES string of the molecule is [B]CCc1ccc(OC2CN(C(=O)CC3CNCCO3)C2)c(C)c1. The van der Waals surface area contributed by atoms with Crippen molar-refractivity contribution in [3.05, 3.63) is 29.3 Å². The summed E-state index contributed by atoms with van der Waals surface area (Å²) in [6.45, 7) is 5.67. The van der Waals surface area contributed by atoms with E-state index in [2.05, 4.69) is 17.4 Å². The van der Waals surface area contributed by atoms with Crippen molar-refractivity contribution >= 4 is 13.8 Å². The topological polar surface area (TPSA) is 50.8 Å². The highest BCUT2D eigenvalue weighted by atomic mass is 16.5. The monoisotopic (exact) mass is 328 g/mol. The zero-order chi connectivity index (χ0) is 16.9. The van der Waals surface area contributed by atoms with Crippen molar-refractivity contribution < 1.29 is 14.3 Å². The smallest absolute Gasteiger partial charge is 0.225 e. The van der Waals surface area contributed by atoms with Gasteiger partial charge >= 0.3 is 0 Å². The number of carbonyl (C=O) groups excluding carboxylic acids is 1. The molecule has 0 spiro atoms. The van der Waals surface area contributed by atoms with Gasteiger partial charge < -0.3 is 19.7 Å². The first-order valence-corrected chi connectivity index (χ1v) is 8.72. The molecule has 1 atom stereocenters. The minimum Gasteiger partial charge on any atom is -0.486 e. The number of carbonyl (C=O) groups is 1. The predicted molar refractivity (Wildman–Crippen MR) is 93.7 cm³/mol. The summed E-state index contributed by atoms with van der Waals surface area (Å²) in [6.07, 6.45) is 2.07. The van der Waals surface area contributed by atoms with Gasteiger partial charge in [0.2, 0.25) is 5.91 Å². The van der Waals surface area contributed by atoms with E-state index in [0.717, 1.165) is 30.8 Å². The molecule has 0 bridgehead atoms. The third kappa shape index (κ3) is 4.30. The Morgan fingerprint density at radius 2 is 2.29 bits per heavy atom. The largest absolute Gasteiger partial charge is 0.486 e. The second-order valence-corrected chi connectivity index (χ2v) is 6.58. The Balaban J connectivity index is 1.44. The molecule has 1 unspecified atom stereocenters. The summed E-state index contributed by atoms with van der Waals surface area (Å²) in [6, 6.07) is 6.19. The minimum atomic E-state index is 0.00329. The lowest BCUT2D eigenvalue weighted by Gasteiger charge is -2.40. The quantitative estimate of drug-likeness (QED) is 0.795. The number of nitrogens with one attached hydrogen (secondary N) is 1. The van der Waals surface area contributed by atoms with Crippen molar-refractivity contribution in [3.63, 3.8) is 0 Å². The number of amides is 1. The number of nitrogens with zero attached hydrogens (tertiary/aromatic N) is 1. The van der Waals surface area contributed by atoms with Crippen LogP contribution in [0.15, 0.2) is 18.2 Å². The number of ether oxygens (including phenoxy) is 2. The van der Waals surface area contributed by atoms with Crippen LogP contribution in [0.1, 0.15) is 17.5 Å². The molecule has 2 aliphatic heterocycles. The van der Waals surface area contributed by atoms with Crippen LogP contribution in [0.3, 0.4) is 0 Å². The van der Waals surface area contributed by atoms with Crippen LogP contribution in [-0.2, 0) is 16.0 Å². The van der Waals surface area contributed by atoms with E-state index in [9.17, 15) is 4.79 Å². The number of hydrogen-bond acceptors (Lipinski definition) is 4. The number of rotatable bonds is 6. The number of aryl methyl sites for hydroxylation is 2. The molecule has 2 saturated heterocycles. The molecule has 2 fully saturated rings. The van der Waals surface area contributed by atoms with E-state index in [-0.39, 0.29) is 18.1 Å². The van der Waals surface area contributed by atoms with Gasteiger partial charge in [-0.25, -0.2) is 0 Å². The Hall–Kier alpha value is -1.53. The first-order valence-electron chi connectivity index (χ1n) is 8.72. The summed E-state index contributed by atoms with van der Waals surface area (Å²) in [5, 5.41) is 3.25. The van der Waals surface area contributed by atoms with Gasteiger partial charge in [-0.3, -0.25) is 4.79 Å². The lowest BCUT2D eigenvalue weighted by molar-refractivity contribution is -0.143. The molecular weight excluding hydrogens is 303 g/mol. The molecule has 0 saturated carbocycles. The molecule has 24 heavy (non-hydrogen) atoms. The molecular formula is C18H25BN2O3. The normalized spacial score (nSPS) is 21.4. The van der Waals surface area contributed by atoms with E-state index in [1.165, 1.54) is 5.56 Å². The average molecular weight is 328 g/mol. The highest BCUT2D eigenvalue weighted by molar-refractivity contribution is 6.08. The maximum Gasteiger partial charge on any atom is 0.225 e. The fourth-order valence-electron chi connectivity index (χ4n) is 3.14. The first kappa shape index (κ1) is 17.3. The van der Waals surface area contributed by atoms with Gasteiger partial charge in [-0.1, -0.05) is 18.5 Å². The van der Waals surface area contributed by atoms with Gasteiger partial charge in [-0.05, 0) is 30.5 Å². The maximum absolute atomic E-state index is 12.2. The summed E-state index contributed by atoms with van der Waals surface area (Å²) >= 11 is 0. The van der Waals surface area contributed by atoms with Crippen LogP contribution in [0, 0.1) is 6.92 Å². The van der Waals surface area contributed by atoms with Crippen LogP contribution in [0.2, 0.25) is 6.32 Å². The van der Waals surface area contributed by atoms with E-state index >= 15 is 0 Å².